The van der Waals surface area contributed by atoms with E-state index in [2.05, 4.69) is 56.9 Å². The first kappa shape index (κ1) is 17.5. The molecule has 0 aliphatic heterocycles. The van der Waals surface area contributed by atoms with E-state index in [4.69, 9.17) is 5.11 Å². The second-order valence-corrected chi connectivity index (χ2v) is 5.98. The van der Waals surface area contributed by atoms with E-state index in [-0.39, 0.29) is 6.42 Å². The SMILES string of the molecule is CCC(C)CC(CC)N(CCC(=O)O)c1ccc(C)cc1. The van der Waals surface area contributed by atoms with E-state index in [1.165, 1.54) is 5.56 Å². The minimum Gasteiger partial charge on any atom is -0.481 e. The first-order valence-electron chi connectivity index (χ1n) is 8.03. The Hall–Kier alpha value is -1.51. The van der Waals surface area contributed by atoms with Gasteiger partial charge in [0.2, 0.25) is 0 Å². The van der Waals surface area contributed by atoms with Crippen molar-refractivity contribution in [3.63, 3.8) is 0 Å². The average Bonchev–Trinajstić information content (AvgIpc) is 2.47. The first-order chi connectivity index (χ1) is 9.97. The molecule has 21 heavy (non-hydrogen) atoms. The maximum atomic E-state index is 11.0. The molecule has 0 saturated carbocycles. The van der Waals surface area contributed by atoms with Gasteiger partial charge in [0.25, 0.3) is 0 Å². The van der Waals surface area contributed by atoms with E-state index in [0.717, 1.165) is 24.9 Å². The predicted molar refractivity (Wildman–Crippen MR) is 88.9 cm³/mol. The smallest absolute Gasteiger partial charge is 0.305 e. The summed E-state index contributed by atoms with van der Waals surface area (Å²) >= 11 is 0. The lowest BCUT2D eigenvalue weighted by molar-refractivity contribution is -0.136. The van der Waals surface area contributed by atoms with E-state index in [1.807, 2.05) is 0 Å². The molecule has 1 rings (SSSR count). The molecule has 0 heterocycles. The van der Waals surface area contributed by atoms with Gasteiger partial charge in [-0.25, -0.2) is 0 Å². The van der Waals surface area contributed by atoms with Crippen molar-refractivity contribution in [2.45, 2.75) is 59.4 Å². The molecule has 1 aromatic carbocycles. The molecule has 0 aliphatic rings. The molecule has 0 radical (unpaired) electrons. The van der Waals surface area contributed by atoms with Crippen LogP contribution in [0.15, 0.2) is 24.3 Å². The molecule has 0 aromatic heterocycles. The van der Waals surface area contributed by atoms with Crippen LogP contribution in [0.1, 0.15) is 52.0 Å². The molecule has 0 fully saturated rings. The Kier molecular flexibility index (Phi) is 7.27. The number of aryl methyl sites for hydroxylation is 1. The third-order valence-corrected chi connectivity index (χ3v) is 4.22. The molecule has 1 N–H and O–H groups in total. The molecule has 118 valence electrons. The molecule has 0 spiro atoms. The first-order valence-corrected chi connectivity index (χ1v) is 8.03. The zero-order valence-corrected chi connectivity index (χ0v) is 13.8. The highest BCUT2D eigenvalue weighted by Crippen LogP contribution is 2.24. The molecule has 2 atom stereocenters. The largest absolute Gasteiger partial charge is 0.481 e. The van der Waals surface area contributed by atoms with Gasteiger partial charge in [-0.3, -0.25) is 4.79 Å². The number of carboxylic acids is 1. The fraction of sp³-hybridized carbons (Fsp3) is 0.611. The van der Waals surface area contributed by atoms with E-state index >= 15 is 0 Å². The number of anilines is 1. The van der Waals surface area contributed by atoms with E-state index in [1.54, 1.807) is 0 Å². The van der Waals surface area contributed by atoms with Crippen LogP contribution in [0.2, 0.25) is 0 Å². The van der Waals surface area contributed by atoms with Crippen LogP contribution in [0.4, 0.5) is 5.69 Å². The molecule has 3 nitrogen and oxygen atoms in total. The van der Waals surface area contributed by atoms with Gasteiger partial charge in [0.05, 0.1) is 6.42 Å². The lowest BCUT2D eigenvalue weighted by Gasteiger charge is -2.34. The monoisotopic (exact) mass is 291 g/mol. The highest BCUT2D eigenvalue weighted by Gasteiger charge is 2.20. The zero-order valence-electron chi connectivity index (χ0n) is 13.8. The summed E-state index contributed by atoms with van der Waals surface area (Å²) in [7, 11) is 0. The van der Waals surface area contributed by atoms with Crippen molar-refractivity contribution in [3.8, 4) is 0 Å². The standard InChI is InChI=1S/C18H29NO2/c1-5-14(3)13-16(6-2)19(12-11-18(20)21)17-9-7-15(4)8-10-17/h7-10,14,16H,5-6,11-13H2,1-4H3,(H,20,21). The summed E-state index contributed by atoms with van der Waals surface area (Å²) in [6.45, 7) is 9.32. The number of carbonyl (C=O) groups is 1. The highest BCUT2D eigenvalue weighted by molar-refractivity contribution is 5.67. The van der Waals surface area contributed by atoms with Crippen LogP contribution in [-0.2, 0) is 4.79 Å². The third kappa shape index (κ3) is 5.78. The number of hydrogen-bond donors (Lipinski definition) is 1. The van der Waals surface area contributed by atoms with Gasteiger partial charge in [0.15, 0.2) is 0 Å². The van der Waals surface area contributed by atoms with Crippen molar-refractivity contribution in [2.75, 3.05) is 11.4 Å². The fourth-order valence-electron chi connectivity index (χ4n) is 2.62. The van der Waals surface area contributed by atoms with Gasteiger partial charge >= 0.3 is 5.97 Å². The van der Waals surface area contributed by atoms with Crippen molar-refractivity contribution in [1.29, 1.82) is 0 Å². The molecular weight excluding hydrogens is 262 g/mol. The number of rotatable bonds is 9. The molecule has 2 unspecified atom stereocenters. The predicted octanol–water partition coefficient (Wildman–Crippen LogP) is 4.49. The van der Waals surface area contributed by atoms with Crippen molar-refractivity contribution >= 4 is 11.7 Å². The lowest BCUT2D eigenvalue weighted by Crippen LogP contribution is -2.37. The van der Waals surface area contributed by atoms with E-state index < -0.39 is 5.97 Å². The number of benzene rings is 1. The Morgan fingerprint density at radius 1 is 1.19 bits per heavy atom. The van der Waals surface area contributed by atoms with E-state index in [9.17, 15) is 4.79 Å². The molecule has 0 aliphatic carbocycles. The maximum absolute atomic E-state index is 11.0. The Balaban J connectivity index is 2.92. The summed E-state index contributed by atoms with van der Waals surface area (Å²) in [5.41, 5.74) is 2.36. The third-order valence-electron chi connectivity index (χ3n) is 4.22. The summed E-state index contributed by atoms with van der Waals surface area (Å²) in [5.74, 6) is -0.0711. The topological polar surface area (TPSA) is 40.5 Å². The van der Waals surface area contributed by atoms with Crippen molar-refractivity contribution in [2.24, 2.45) is 5.92 Å². The lowest BCUT2D eigenvalue weighted by atomic mass is 9.96. The van der Waals surface area contributed by atoms with Crippen LogP contribution in [0.5, 0.6) is 0 Å². The summed E-state index contributed by atoms with van der Waals surface area (Å²) in [5, 5.41) is 9.01. The normalized spacial score (nSPS) is 13.7. The zero-order chi connectivity index (χ0) is 15.8. The number of hydrogen-bond acceptors (Lipinski definition) is 2. The van der Waals surface area contributed by atoms with Gasteiger partial charge < -0.3 is 10.0 Å². The van der Waals surface area contributed by atoms with Crippen molar-refractivity contribution in [3.05, 3.63) is 29.8 Å². The van der Waals surface area contributed by atoms with Gasteiger partial charge in [-0.15, -0.1) is 0 Å². The van der Waals surface area contributed by atoms with Crippen LogP contribution >= 0.6 is 0 Å². The second kappa shape index (κ2) is 8.71. The van der Waals surface area contributed by atoms with Crippen LogP contribution in [0.25, 0.3) is 0 Å². The summed E-state index contributed by atoms with van der Waals surface area (Å²) < 4.78 is 0. The Labute approximate surface area is 129 Å². The van der Waals surface area contributed by atoms with Gasteiger partial charge in [-0.1, -0.05) is 44.9 Å². The Morgan fingerprint density at radius 3 is 2.29 bits per heavy atom. The minimum absolute atomic E-state index is 0.185. The summed E-state index contributed by atoms with van der Waals surface area (Å²) in [4.78, 5) is 13.2. The van der Waals surface area contributed by atoms with Gasteiger partial charge in [-0.2, -0.15) is 0 Å². The summed E-state index contributed by atoms with van der Waals surface area (Å²) in [6.07, 6.45) is 3.50. The number of aliphatic carboxylic acids is 1. The maximum Gasteiger partial charge on any atom is 0.305 e. The minimum atomic E-state index is -0.731. The van der Waals surface area contributed by atoms with Crippen LogP contribution in [0.3, 0.4) is 0 Å². The quantitative estimate of drug-likeness (QED) is 0.728. The highest BCUT2D eigenvalue weighted by atomic mass is 16.4. The molecule has 0 amide bonds. The number of nitrogens with zero attached hydrogens (tertiary/aromatic N) is 1. The van der Waals surface area contributed by atoms with Gasteiger partial charge in [0, 0.05) is 18.3 Å². The summed E-state index contributed by atoms with van der Waals surface area (Å²) in [6, 6.07) is 8.81. The Morgan fingerprint density at radius 2 is 1.81 bits per heavy atom. The molecule has 0 bridgehead atoms. The van der Waals surface area contributed by atoms with Crippen LogP contribution in [-0.4, -0.2) is 23.7 Å². The van der Waals surface area contributed by atoms with Crippen LogP contribution in [0, 0.1) is 12.8 Å². The van der Waals surface area contributed by atoms with Crippen LogP contribution < -0.4 is 4.90 Å². The molecular formula is C18H29NO2. The molecule has 1 aromatic rings. The Bertz CT molecular complexity index is 427. The second-order valence-electron chi connectivity index (χ2n) is 5.98. The van der Waals surface area contributed by atoms with Gasteiger partial charge in [-0.05, 0) is 37.8 Å². The van der Waals surface area contributed by atoms with Crippen molar-refractivity contribution in [1.82, 2.24) is 0 Å². The fourth-order valence-corrected chi connectivity index (χ4v) is 2.62. The van der Waals surface area contributed by atoms with Gasteiger partial charge in [0.1, 0.15) is 0 Å². The van der Waals surface area contributed by atoms with Crippen molar-refractivity contribution < 1.29 is 9.90 Å². The molecule has 0 saturated heterocycles. The van der Waals surface area contributed by atoms with E-state index in [0.29, 0.717) is 18.5 Å². The number of carboxylic acid groups (broad SMARTS) is 1. The molecule has 3 heteroatoms. The average molecular weight is 291 g/mol.